The Labute approximate surface area is 206 Å². The third-order valence-corrected chi connectivity index (χ3v) is 5.87. The van der Waals surface area contributed by atoms with Gasteiger partial charge >= 0.3 is 5.97 Å². The summed E-state index contributed by atoms with van der Waals surface area (Å²) in [6, 6.07) is 11.1. The zero-order valence-corrected chi connectivity index (χ0v) is 19.4. The van der Waals surface area contributed by atoms with Gasteiger partial charge < -0.3 is 35.8 Å². The number of fused-ring (bicyclic) bond motifs is 1. The predicted octanol–water partition coefficient (Wildman–Crippen LogP) is -0.206. The van der Waals surface area contributed by atoms with Crippen LogP contribution in [-0.4, -0.2) is 83.6 Å². The number of amidine groups is 1. The number of nitrogens with two attached hydrogens (primary N) is 1. The molecular formula is C24H25N5O7. The lowest BCUT2D eigenvalue weighted by Gasteiger charge is -2.34. The van der Waals surface area contributed by atoms with E-state index in [1.807, 2.05) is 0 Å². The number of hydrogen-bond acceptors (Lipinski definition) is 8. The van der Waals surface area contributed by atoms with Crippen molar-refractivity contribution in [1.82, 2.24) is 4.90 Å². The van der Waals surface area contributed by atoms with E-state index in [1.165, 1.54) is 24.1 Å². The number of nitrogens with one attached hydrogen (secondary N) is 1. The number of hydrogen-bond donors (Lipinski definition) is 4. The number of morpholine rings is 1. The minimum atomic E-state index is -1.79. The van der Waals surface area contributed by atoms with Gasteiger partial charge in [-0.25, -0.2) is 0 Å². The van der Waals surface area contributed by atoms with E-state index in [-0.39, 0.29) is 18.7 Å². The van der Waals surface area contributed by atoms with Gasteiger partial charge in [0.25, 0.3) is 17.7 Å². The zero-order valence-electron chi connectivity index (χ0n) is 19.4. The van der Waals surface area contributed by atoms with Crippen LogP contribution in [0.2, 0.25) is 0 Å². The predicted molar refractivity (Wildman–Crippen MR) is 129 cm³/mol. The van der Waals surface area contributed by atoms with E-state index in [4.69, 9.17) is 15.6 Å². The first kappa shape index (κ1) is 24.8. The molecule has 36 heavy (non-hydrogen) atoms. The Hall–Kier alpha value is -4.29. The van der Waals surface area contributed by atoms with Crippen LogP contribution < -0.4 is 16.0 Å². The number of aliphatic carboxylic acids is 1. The second kappa shape index (κ2) is 10.1. The van der Waals surface area contributed by atoms with Gasteiger partial charge in [0.15, 0.2) is 12.2 Å². The van der Waals surface area contributed by atoms with Gasteiger partial charge in [0.05, 0.1) is 13.2 Å². The first-order chi connectivity index (χ1) is 17.2. The van der Waals surface area contributed by atoms with Crippen molar-refractivity contribution in [3.05, 3.63) is 59.2 Å². The standard InChI is InChI=1S/C24H25N5O7/c1-28(12-18(30)31)23(34)13-3-2-4-16(10-13)29-7-8-36-20(24(29)35)19(32)22(33)27-15-5-6-17-14(9-15)11-26-21(17)25/h2-6,9-10,19-20,32H,7-8,11-12H2,1H3,(H2,25,26)(H,27,33)(H,30,31)/t19-,20-/m1/s1. The molecule has 0 radical (unpaired) electrons. The Morgan fingerprint density at radius 2 is 2.06 bits per heavy atom. The highest BCUT2D eigenvalue weighted by Crippen LogP contribution is 2.24. The molecule has 12 heteroatoms. The van der Waals surface area contributed by atoms with Crippen LogP contribution in [0.3, 0.4) is 0 Å². The van der Waals surface area contributed by atoms with Crippen LogP contribution in [0.25, 0.3) is 0 Å². The molecule has 2 aliphatic rings. The molecule has 1 fully saturated rings. The molecule has 1 saturated heterocycles. The highest BCUT2D eigenvalue weighted by atomic mass is 16.5. The number of aliphatic hydroxyl groups excluding tert-OH is 1. The second-order valence-electron chi connectivity index (χ2n) is 8.39. The molecule has 4 rings (SSSR count). The largest absolute Gasteiger partial charge is 0.480 e. The van der Waals surface area contributed by atoms with Crippen molar-refractivity contribution in [2.45, 2.75) is 18.8 Å². The van der Waals surface area contributed by atoms with Crippen molar-refractivity contribution in [2.24, 2.45) is 10.7 Å². The number of amides is 3. The van der Waals surface area contributed by atoms with E-state index in [9.17, 15) is 24.3 Å². The number of likely N-dealkylation sites (N-methyl/N-ethyl adjacent to an activating group) is 1. The lowest BCUT2D eigenvalue weighted by molar-refractivity contribution is -0.150. The average molecular weight is 495 g/mol. The maximum absolute atomic E-state index is 13.1. The monoisotopic (exact) mass is 495 g/mol. The maximum atomic E-state index is 13.1. The minimum Gasteiger partial charge on any atom is -0.480 e. The number of carboxylic acid groups (broad SMARTS) is 1. The quantitative estimate of drug-likeness (QED) is 0.408. The van der Waals surface area contributed by atoms with Crippen LogP contribution >= 0.6 is 0 Å². The molecule has 2 aliphatic heterocycles. The van der Waals surface area contributed by atoms with E-state index < -0.39 is 42.4 Å². The van der Waals surface area contributed by atoms with Gasteiger partial charge in [-0.05, 0) is 42.0 Å². The molecule has 2 aromatic rings. The summed E-state index contributed by atoms with van der Waals surface area (Å²) in [5, 5.41) is 22.1. The topological polar surface area (TPSA) is 175 Å². The summed E-state index contributed by atoms with van der Waals surface area (Å²) in [5.41, 5.74) is 8.37. The van der Waals surface area contributed by atoms with Crippen molar-refractivity contribution in [3.63, 3.8) is 0 Å². The number of carbonyl (C=O) groups excluding carboxylic acids is 3. The molecule has 5 N–H and O–H groups in total. The average Bonchev–Trinajstić information content (AvgIpc) is 3.22. The number of benzene rings is 2. The first-order valence-corrected chi connectivity index (χ1v) is 11.1. The van der Waals surface area contributed by atoms with Gasteiger partial charge in [0.1, 0.15) is 12.4 Å². The van der Waals surface area contributed by atoms with Crippen LogP contribution in [0.1, 0.15) is 21.5 Å². The number of carboxylic acids is 1. The van der Waals surface area contributed by atoms with E-state index in [2.05, 4.69) is 10.3 Å². The fourth-order valence-corrected chi connectivity index (χ4v) is 4.05. The molecule has 0 aliphatic carbocycles. The van der Waals surface area contributed by atoms with Crippen molar-refractivity contribution in [1.29, 1.82) is 0 Å². The van der Waals surface area contributed by atoms with Crippen LogP contribution in [-0.2, 0) is 25.7 Å². The highest BCUT2D eigenvalue weighted by Gasteiger charge is 2.39. The molecule has 0 saturated carbocycles. The van der Waals surface area contributed by atoms with Crippen LogP contribution in [0.4, 0.5) is 11.4 Å². The summed E-state index contributed by atoms with van der Waals surface area (Å²) < 4.78 is 5.43. The van der Waals surface area contributed by atoms with E-state index >= 15 is 0 Å². The van der Waals surface area contributed by atoms with Crippen LogP contribution in [0.5, 0.6) is 0 Å². The number of aliphatic imine (C=N–C) groups is 1. The molecule has 188 valence electrons. The maximum Gasteiger partial charge on any atom is 0.323 e. The Morgan fingerprint density at radius 1 is 1.28 bits per heavy atom. The molecule has 3 amide bonds. The lowest BCUT2D eigenvalue weighted by atomic mass is 10.1. The zero-order chi connectivity index (χ0) is 26.0. The fourth-order valence-electron chi connectivity index (χ4n) is 4.05. The molecule has 0 spiro atoms. The van der Waals surface area contributed by atoms with Gasteiger partial charge in [-0.2, -0.15) is 0 Å². The van der Waals surface area contributed by atoms with Crippen molar-refractivity contribution in [3.8, 4) is 0 Å². The molecule has 12 nitrogen and oxygen atoms in total. The van der Waals surface area contributed by atoms with Gasteiger partial charge in [-0.1, -0.05) is 6.07 Å². The number of rotatable bonds is 7. The normalized spacial score (nSPS) is 17.7. The summed E-state index contributed by atoms with van der Waals surface area (Å²) in [6.45, 7) is 0.0969. The van der Waals surface area contributed by atoms with Gasteiger partial charge in [-0.15, -0.1) is 0 Å². The minimum absolute atomic E-state index is 0.0489. The Balaban J connectivity index is 1.45. The van der Waals surface area contributed by atoms with Crippen LogP contribution in [0.15, 0.2) is 47.5 Å². The SMILES string of the molecule is CN(CC(=O)O)C(=O)c1cccc(N2CCO[C@H]([C@@H](O)C(=O)Nc3ccc4c(c3)CN=C4N)C2=O)c1. The summed E-state index contributed by atoms with van der Waals surface area (Å²) >= 11 is 0. The molecule has 2 aromatic carbocycles. The van der Waals surface area contributed by atoms with E-state index in [0.29, 0.717) is 23.8 Å². The summed E-state index contributed by atoms with van der Waals surface area (Å²) in [5.74, 6) is -2.73. The molecular weight excluding hydrogens is 470 g/mol. The summed E-state index contributed by atoms with van der Waals surface area (Å²) in [6.07, 6.45) is -3.25. The van der Waals surface area contributed by atoms with Crippen molar-refractivity contribution in [2.75, 3.05) is 37.0 Å². The molecule has 2 heterocycles. The highest BCUT2D eigenvalue weighted by molar-refractivity contribution is 6.05. The van der Waals surface area contributed by atoms with Crippen molar-refractivity contribution < 1.29 is 34.1 Å². The van der Waals surface area contributed by atoms with Crippen molar-refractivity contribution >= 4 is 40.9 Å². The third-order valence-electron chi connectivity index (χ3n) is 5.87. The lowest BCUT2D eigenvalue weighted by Crippen LogP contribution is -2.55. The number of ether oxygens (including phenoxy) is 1. The molecule has 0 unspecified atom stereocenters. The first-order valence-electron chi connectivity index (χ1n) is 11.1. The van der Waals surface area contributed by atoms with E-state index in [0.717, 1.165) is 16.0 Å². The molecule has 2 atom stereocenters. The molecule has 0 aromatic heterocycles. The van der Waals surface area contributed by atoms with Crippen LogP contribution in [0, 0.1) is 0 Å². The summed E-state index contributed by atoms with van der Waals surface area (Å²) in [7, 11) is 1.36. The molecule has 0 bridgehead atoms. The Kier molecular flexibility index (Phi) is 6.99. The smallest absolute Gasteiger partial charge is 0.323 e. The number of carbonyl (C=O) groups is 4. The van der Waals surface area contributed by atoms with Gasteiger partial charge in [-0.3, -0.25) is 24.2 Å². The number of aliphatic hydroxyl groups is 1. The third kappa shape index (κ3) is 5.04. The van der Waals surface area contributed by atoms with Gasteiger partial charge in [0.2, 0.25) is 0 Å². The van der Waals surface area contributed by atoms with E-state index in [1.54, 1.807) is 30.3 Å². The second-order valence-corrected chi connectivity index (χ2v) is 8.39. The summed E-state index contributed by atoms with van der Waals surface area (Å²) in [4.78, 5) is 55.8. The number of nitrogens with zero attached hydrogens (tertiary/aromatic N) is 3. The fraction of sp³-hybridized carbons (Fsp3) is 0.292. The Morgan fingerprint density at radius 3 is 2.81 bits per heavy atom. The number of anilines is 2. The Bertz CT molecular complexity index is 1260. The van der Waals surface area contributed by atoms with Gasteiger partial charge in [0, 0.05) is 36.1 Å².